The van der Waals surface area contributed by atoms with Crippen molar-refractivity contribution >= 4 is 11.9 Å². The summed E-state index contributed by atoms with van der Waals surface area (Å²) >= 11 is 0. The molecule has 5 nitrogen and oxygen atoms in total. The molecule has 0 saturated carbocycles. The van der Waals surface area contributed by atoms with E-state index in [4.69, 9.17) is 10.8 Å². The predicted molar refractivity (Wildman–Crippen MR) is 62.0 cm³/mol. The average molecular weight is 230 g/mol. The van der Waals surface area contributed by atoms with Gasteiger partial charge in [-0.15, -0.1) is 0 Å². The molecule has 0 heterocycles. The summed E-state index contributed by atoms with van der Waals surface area (Å²) in [6, 6.07) is -0.590. The molecule has 1 atom stereocenters. The second-order valence-corrected chi connectivity index (χ2v) is 3.89. The summed E-state index contributed by atoms with van der Waals surface area (Å²) < 4.78 is 0. The van der Waals surface area contributed by atoms with E-state index in [1.807, 2.05) is 18.7 Å². The van der Waals surface area contributed by atoms with Gasteiger partial charge in [0.2, 0.25) is 5.91 Å². The van der Waals surface area contributed by atoms with Gasteiger partial charge in [0.05, 0.1) is 0 Å². The number of nitrogens with two attached hydrogens (primary N) is 1. The molecule has 0 aliphatic carbocycles. The van der Waals surface area contributed by atoms with Gasteiger partial charge < -0.3 is 10.8 Å². The largest absolute Gasteiger partial charge is 0.480 e. The standard InChI is InChI=1S/C11H22N2O3/c1-3-7-13(8-4-2)9(11(15)16)5-6-10(12)14/h9H,3-8H2,1-2H3,(H2,12,14)(H,15,16). The van der Waals surface area contributed by atoms with Crippen LogP contribution in [-0.2, 0) is 9.59 Å². The highest BCUT2D eigenvalue weighted by molar-refractivity contribution is 5.77. The third kappa shape index (κ3) is 5.70. The fraction of sp³-hybridized carbons (Fsp3) is 0.818. The van der Waals surface area contributed by atoms with Gasteiger partial charge >= 0.3 is 5.97 Å². The minimum atomic E-state index is -0.872. The molecule has 0 rings (SSSR count). The molecule has 0 saturated heterocycles. The quantitative estimate of drug-likeness (QED) is 0.614. The number of carboxylic acids is 1. The van der Waals surface area contributed by atoms with E-state index in [0.29, 0.717) is 6.42 Å². The number of rotatable bonds is 9. The average Bonchev–Trinajstić information content (AvgIpc) is 2.17. The van der Waals surface area contributed by atoms with Crippen LogP contribution in [-0.4, -0.2) is 41.0 Å². The molecule has 0 radical (unpaired) electrons. The number of carbonyl (C=O) groups is 2. The zero-order chi connectivity index (χ0) is 12.6. The highest BCUT2D eigenvalue weighted by atomic mass is 16.4. The van der Waals surface area contributed by atoms with Gasteiger partial charge in [-0.2, -0.15) is 0 Å². The van der Waals surface area contributed by atoms with Crippen molar-refractivity contribution in [3.63, 3.8) is 0 Å². The number of amides is 1. The van der Waals surface area contributed by atoms with Crippen molar-refractivity contribution in [2.75, 3.05) is 13.1 Å². The smallest absolute Gasteiger partial charge is 0.320 e. The van der Waals surface area contributed by atoms with Crippen molar-refractivity contribution < 1.29 is 14.7 Å². The van der Waals surface area contributed by atoms with Crippen LogP contribution in [0.2, 0.25) is 0 Å². The van der Waals surface area contributed by atoms with Crippen molar-refractivity contribution in [2.45, 2.75) is 45.6 Å². The van der Waals surface area contributed by atoms with Gasteiger partial charge in [0.25, 0.3) is 0 Å². The van der Waals surface area contributed by atoms with Crippen LogP contribution in [0, 0.1) is 0 Å². The maximum absolute atomic E-state index is 11.1. The van der Waals surface area contributed by atoms with Crippen LogP contribution in [0.25, 0.3) is 0 Å². The normalized spacial score (nSPS) is 12.7. The van der Waals surface area contributed by atoms with Crippen molar-refractivity contribution in [2.24, 2.45) is 5.73 Å². The van der Waals surface area contributed by atoms with E-state index in [-0.39, 0.29) is 6.42 Å². The van der Waals surface area contributed by atoms with E-state index in [1.165, 1.54) is 0 Å². The fourth-order valence-electron chi connectivity index (χ4n) is 1.74. The van der Waals surface area contributed by atoms with Crippen molar-refractivity contribution in [1.29, 1.82) is 0 Å². The Hall–Kier alpha value is -1.10. The van der Waals surface area contributed by atoms with E-state index in [2.05, 4.69) is 0 Å². The minimum Gasteiger partial charge on any atom is -0.480 e. The van der Waals surface area contributed by atoms with E-state index >= 15 is 0 Å². The van der Waals surface area contributed by atoms with Gasteiger partial charge in [0.1, 0.15) is 6.04 Å². The van der Waals surface area contributed by atoms with Gasteiger partial charge in [-0.3, -0.25) is 14.5 Å². The summed E-state index contributed by atoms with van der Waals surface area (Å²) in [6.45, 7) is 5.50. The maximum Gasteiger partial charge on any atom is 0.320 e. The van der Waals surface area contributed by atoms with Crippen molar-refractivity contribution in [1.82, 2.24) is 4.90 Å². The molecular weight excluding hydrogens is 208 g/mol. The molecule has 0 aromatic heterocycles. The lowest BCUT2D eigenvalue weighted by Crippen LogP contribution is -2.42. The molecule has 3 N–H and O–H groups in total. The first-order valence-electron chi connectivity index (χ1n) is 5.78. The second-order valence-electron chi connectivity index (χ2n) is 3.89. The summed E-state index contributed by atoms with van der Waals surface area (Å²) in [5.41, 5.74) is 5.04. The first-order chi connectivity index (χ1) is 7.52. The van der Waals surface area contributed by atoms with E-state index < -0.39 is 17.9 Å². The fourth-order valence-corrected chi connectivity index (χ4v) is 1.74. The number of carbonyl (C=O) groups excluding carboxylic acids is 1. The molecular formula is C11H22N2O3. The monoisotopic (exact) mass is 230 g/mol. The molecule has 1 unspecified atom stereocenters. The Labute approximate surface area is 96.6 Å². The maximum atomic E-state index is 11.1. The molecule has 0 aliphatic heterocycles. The lowest BCUT2D eigenvalue weighted by Gasteiger charge is -2.27. The Morgan fingerprint density at radius 3 is 2.06 bits per heavy atom. The van der Waals surface area contributed by atoms with E-state index in [1.54, 1.807) is 0 Å². The summed E-state index contributed by atoms with van der Waals surface area (Å²) in [6.07, 6.45) is 2.23. The molecule has 0 aliphatic rings. The first-order valence-corrected chi connectivity index (χ1v) is 5.78. The molecule has 1 amide bonds. The van der Waals surface area contributed by atoms with Crippen LogP contribution >= 0.6 is 0 Å². The Balaban J connectivity index is 4.43. The van der Waals surface area contributed by atoms with Gasteiger partial charge in [0, 0.05) is 6.42 Å². The molecule has 0 aromatic carbocycles. The second kappa shape index (κ2) is 8.10. The molecule has 16 heavy (non-hydrogen) atoms. The lowest BCUT2D eigenvalue weighted by molar-refractivity contribution is -0.143. The number of primary amides is 1. The summed E-state index contributed by atoms with van der Waals surface area (Å²) in [5, 5.41) is 9.12. The topological polar surface area (TPSA) is 83.6 Å². The van der Waals surface area contributed by atoms with Crippen LogP contribution in [0.5, 0.6) is 0 Å². The van der Waals surface area contributed by atoms with Crippen LogP contribution < -0.4 is 5.73 Å². The number of carboxylic acid groups (broad SMARTS) is 1. The lowest BCUT2D eigenvalue weighted by atomic mass is 10.1. The van der Waals surface area contributed by atoms with E-state index in [0.717, 1.165) is 25.9 Å². The zero-order valence-corrected chi connectivity index (χ0v) is 10.1. The molecule has 5 heteroatoms. The van der Waals surface area contributed by atoms with Crippen molar-refractivity contribution in [3.05, 3.63) is 0 Å². The molecule has 94 valence electrons. The highest BCUT2D eigenvalue weighted by Gasteiger charge is 2.24. The Morgan fingerprint density at radius 2 is 1.75 bits per heavy atom. The number of hydrogen-bond acceptors (Lipinski definition) is 3. The SMILES string of the molecule is CCCN(CCC)C(CCC(N)=O)C(=O)O. The Kier molecular flexibility index (Phi) is 7.54. The van der Waals surface area contributed by atoms with Gasteiger partial charge in [0.15, 0.2) is 0 Å². The molecule has 0 aromatic rings. The van der Waals surface area contributed by atoms with Crippen LogP contribution in [0.3, 0.4) is 0 Å². The summed E-state index contributed by atoms with van der Waals surface area (Å²) in [7, 11) is 0. The van der Waals surface area contributed by atoms with Crippen LogP contribution in [0.1, 0.15) is 39.5 Å². The summed E-state index contributed by atoms with van der Waals surface area (Å²) in [5.74, 6) is -1.32. The molecule has 0 fully saturated rings. The summed E-state index contributed by atoms with van der Waals surface area (Å²) in [4.78, 5) is 23.7. The third-order valence-corrected chi connectivity index (χ3v) is 2.41. The number of nitrogens with zero attached hydrogens (tertiary/aromatic N) is 1. The van der Waals surface area contributed by atoms with Crippen LogP contribution in [0.15, 0.2) is 0 Å². The molecule has 0 bridgehead atoms. The van der Waals surface area contributed by atoms with Gasteiger partial charge in [-0.05, 0) is 32.4 Å². The number of aliphatic carboxylic acids is 1. The Bertz CT molecular complexity index is 225. The van der Waals surface area contributed by atoms with Crippen molar-refractivity contribution in [3.8, 4) is 0 Å². The van der Waals surface area contributed by atoms with E-state index in [9.17, 15) is 9.59 Å². The van der Waals surface area contributed by atoms with Gasteiger partial charge in [-0.1, -0.05) is 13.8 Å². The Morgan fingerprint density at radius 1 is 1.25 bits per heavy atom. The van der Waals surface area contributed by atoms with Gasteiger partial charge in [-0.25, -0.2) is 0 Å². The first kappa shape index (κ1) is 14.9. The van der Waals surface area contributed by atoms with Crippen LogP contribution in [0.4, 0.5) is 0 Å². The minimum absolute atomic E-state index is 0.126. The number of hydrogen-bond donors (Lipinski definition) is 2. The third-order valence-electron chi connectivity index (χ3n) is 2.41. The zero-order valence-electron chi connectivity index (χ0n) is 10.1. The highest BCUT2D eigenvalue weighted by Crippen LogP contribution is 2.09. The predicted octanol–water partition coefficient (Wildman–Crippen LogP) is 0.827. The molecule has 0 spiro atoms.